The van der Waals surface area contributed by atoms with Crippen LogP contribution in [0.5, 0.6) is 11.5 Å². The van der Waals surface area contributed by atoms with Gasteiger partial charge < -0.3 is 14.8 Å². The van der Waals surface area contributed by atoms with E-state index >= 15 is 0 Å². The van der Waals surface area contributed by atoms with Gasteiger partial charge in [-0.15, -0.1) is 0 Å². The topological polar surface area (TPSA) is 98.0 Å². The lowest BCUT2D eigenvalue weighted by Crippen LogP contribution is -2.23. The van der Waals surface area contributed by atoms with Crippen LogP contribution in [0.25, 0.3) is 0 Å². The van der Waals surface area contributed by atoms with E-state index in [2.05, 4.69) is 15.8 Å². The summed E-state index contributed by atoms with van der Waals surface area (Å²) in [5, 5.41) is 18.4. The molecule has 2 rings (SSSR count). The third kappa shape index (κ3) is 4.88. The molecule has 0 unspecified atom stereocenters. The molecule has 0 fully saturated rings. The Morgan fingerprint density at radius 1 is 1.24 bits per heavy atom. The molecular weight excluding hydrogens is 344 g/mol. The lowest BCUT2D eigenvalue weighted by Gasteiger charge is -2.09. The first kappa shape index (κ1) is 18.1. The van der Waals surface area contributed by atoms with Gasteiger partial charge in [0.15, 0.2) is 10.9 Å². The number of ether oxygens (including phenoxy) is 2. The van der Waals surface area contributed by atoms with E-state index in [9.17, 15) is 10.1 Å². The van der Waals surface area contributed by atoms with Crippen molar-refractivity contribution in [2.24, 2.45) is 5.10 Å². The van der Waals surface area contributed by atoms with Gasteiger partial charge in [0.05, 0.1) is 25.4 Å². The summed E-state index contributed by atoms with van der Waals surface area (Å²) in [5.74, 6) is 0.294. The number of rotatable bonds is 6. The van der Waals surface area contributed by atoms with Crippen molar-refractivity contribution in [2.75, 3.05) is 19.5 Å². The monoisotopic (exact) mass is 360 g/mol. The Hall–Kier alpha value is -3.20. The van der Waals surface area contributed by atoms with Crippen molar-refractivity contribution in [1.29, 1.82) is 0 Å². The largest absolute Gasteiger partial charge is 0.493 e. The number of methoxy groups -OCH3 is 2. The second-order valence-corrected chi connectivity index (χ2v) is 5.13. The van der Waals surface area contributed by atoms with Gasteiger partial charge in [0.2, 0.25) is 5.75 Å². The SMILES string of the molecule is COc1cc(/C=N/NC(=S)Nc2ccccc2)cc([N+](=O)[O-])c1OC. The van der Waals surface area contributed by atoms with E-state index in [1.165, 1.54) is 26.5 Å². The molecule has 9 heteroatoms. The molecule has 0 atom stereocenters. The Balaban J connectivity index is 2.11. The molecule has 0 aliphatic carbocycles. The van der Waals surface area contributed by atoms with Gasteiger partial charge in [0.25, 0.3) is 0 Å². The van der Waals surface area contributed by atoms with Crippen molar-refractivity contribution in [3.8, 4) is 11.5 Å². The highest BCUT2D eigenvalue weighted by molar-refractivity contribution is 7.80. The molecule has 0 aliphatic heterocycles. The molecule has 0 heterocycles. The Morgan fingerprint density at radius 3 is 2.56 bits per heavy atom. The van der Waals surface area contributed by atoms with E-state index in [1.807, 2.05) is 30.3 Å². The smallest absolute Gasteiger partial charge is 0.315 e. The highest BCUT2D eigenvalue weighted by atomic mass is 32.1. The van der Waals surface area contributed by atoms with Crippen molar-refractivity contribution in [3.63, 3.8) is 0 Å². The van der Waals surface area contributed by atoms with Crippen molar-refractivity contribution < 1.29 is 14.4 Å². The van der Waals surface area contributed by atoms with Gasteiger partial charge in [-0.05, 0) is 30.4 Å². The normalized spacial score (nSPS) is 10.3. The predicted molar refractivity (Wildman–Crippen MR) is 99.6 cm³/mol. The van der Waals surface area contributed by atoms with Crippen molar-refractivity contribution in [1.82, 2.24) is 5.43 Å². The molecule has 0 saturated carbocycles. The number of nitro benzene ring substituents is 1. The van der Waals surface area contributed by atoms with Crippen LogP contribution in [0.1, 0.15) is 5.56 Å². The van der Waals surface area contributed by atoms with Gasteiger partial charge >= 0.3 is 5.69 Å². The highest BCUT2D eigenvalue weighted by Crippen LogP contribution is 2.37. The molecule has 0 saturated heterocycles. The van der Waals surface area contributed by atoms with Gasteiger partial charge in [-0.25, -0.2) is 0 Å². The number of anilines is 1. The minimum Gasteiger partial charge on any atom is -0.493 e. The van der Waals surface area contributed by atoms with E-state index < -0.39 is 4.92 Å². The maximum atomic E-state index is 11.2. The molecule has 0 radical (unpaired) electrons. The number of para-hydroxylation sites is 1. The van der Waals surface area contributed by atoms with Crippen LogP contribution in [-0.4, -0.2) is 30.5 Å². The zero-order chi connectivity index (χ0) is 18.2. The summed E-state index contributed by atoms with van der Waals surface area (Å²) in [5.41, 5.74) is 3.70. The number of nitro groups is 1. The van der Waals surface area contributed by atoms with Gasteiger partial charge in [0.1, 0.15) is 0 Å². The zero-order valence-corrected chi connectivity index (χ0v) is 14.4. The first-order chi connectivity index (χ1) is 12.0. The van der Waals surface area contributed by atoms with Gasteiger partial charge in [-0.3, -0.25) is 15.5 Å². The first-order valence-corrected chi connectivity index (χ1v) is 7.51. The predicted octanol–water partition coefficient (Wildman–Crippen LogP) is 2.93. The van der Waals surface area contributed by atoms with E-state index in [0.29, 0.717) is 5.56 Å². The van der Waals surface area contributed by atoms with Crippen LogP contribution >= 0.6 is 12.2 Å². The number of hydrogen-bond acceptors (Lipinski definition) is 6. The van der Waals surface area contributed by atoms with Crippen molar-refractivity contribution >= 4 is 34.9 Å². The first-order valence-electron chi connectivity index (χ1n) is 7.10. The molecule has 0 spiro atoms. The second-order valence-electron chi connectivity index (χ2n) is 4.72. The third-order valence-corrected chi connectivity index (χ3v) is 3.28. The molecule has 0 amide bonds. The lowest BCUT2D eigenvalue weighted by molar-refractivity contribution is -0.385. The van der Waals surface area contributed by atoms with Crippen molar-refractivity contribution in [2.45, 2.75) is 0 Å². The Kier molecular flexibility index (Phi) is 6.24. The highest BCUT2D eigenvalue weighted by Gasteiger charge is 2.20. The Labute approximate surface area is 149 Å². The number of nitrogens with one attached hydrogen (secondary N) is 2. The zero-order valence-electron chi connectivity index (χ0n) is 13.6. The van der Waals surface area contributed by atoms with Gasteiger partial charge in [-0.1, -0.05) is 18.2 Å². The molecule has 25 heavy (non-hydrogen) atoms. The van der Waals surface area contributed by atoms with Crippen LogP contribution < -0.4 is 20.2 Å². The number of hydrazone groups is 1. The Morgan fingerprint density at radius 2 is 1.96 bits per heavy atom. The summed E-state index contributed by atoms with van der Waals surface area (Å²) in [6.45, 7) is 0. The van der Waals surface area contributed by atoms with Crippen LogP contribution in [0.3, 0.4) is 0 Å². The van der Waals surface area contributed by atoms with E-state index in [4.69, 9.17) is 21.7 Å². The fourth-order valence-electron chi connectivity index (χ4n) is 2.02. The van der Waals surface area contributed by atoms with Crippen LogP contribution in [0.2, 0.25) is 0 Å². The minimum absolute atomic E-state index is 0.0545. The summed E-state index contributed by atoms with van der Waals surface area (Å²) in [7, 11) is 2.74. The number of nitrogens with zero attached hydrogens (tertiary/aromatic N) is 2. The standard InChI is InChI=1S/C16H16N4O4S/c1-23-14-9-11(8-13(20(21)22)15(14)24-2)10-17-19-16(25)18-12-6-4-3-5-7-12/h3-10H,1-2H3,(H2,18,19,25)/b17-10+. The Bertz CT molecular complexity index is 796. The molecule has 2 N–H and O–H groups in total. The summed E-state index contributed by atoms with van der Waals surface area (Å²) in [4.78, 5) is 10.6. The van der Waals surface area contributed by atoms with Crippen molar-refractivity contribution in [3.05, 3.63) is 58.1 Å². The summed E-state index contributed by atoms with van der Waals surface area (Å²) in [6.07, 6.45) is 1.40. The summed E-state index contributed by atoms with van der Waals surface area (Å²) < 4.78 is 10.2. The van der Waals surface area contributed by atoms with Gasteiger partial charge in [0, 0.05) is 17.3 Å². The summed E-state index contributed by atoms with van der Waals surface area (Å²) >= 11 is 5.12. The molecular formula is C16H16N4O4S. The van der Waals surface area contributed by atoms with Crippen LogP contribution in [-0.2, 0) is 0 Å². The maximum absolute atomic E-state index is 11.2. The van der Waals surface area contributed by atoms with E-state index in [0.717, 1.165) is 5.69 Å². The minimum atomic E-state index is -0.548. The quantitative estimate of drug-likeness (QED) is 0.354. The van der Waals surface area contributed by atoms with E-state index in [1.54, 1.807) is 6.07 Å². The molecule has 2 aromatic rings. The molecule has 0 aliphatic rings. The van der Waals surface area contributed by atoms with Gasteiger partial charge in [-0.2, -0.15) is 5.10 Å². The molecule has 2 aromatic carbocycles. The average molecular weight is 360 g/mol. The van der Waals surface area contributed by atoms with Crippen LogP contribution in [0.15, 0.2) is 47.6 Å². The number of hydrogen-bond donors (Lipinski definition) is 2. The average Bonchev–Trinajstić information content (AvgIpc) is 2.61. The number of benzene rings is 2. The molecule has 130 valence electrons. The molecule has 8 nitrogen and oxygen atoms in total. The lowest BCUT2D eigenvalue weighted by atomic mass is 10.2. The second kappa shape index (κ2) is 8.60. The molecule has 0 aromatic heterocycles. The van der Waals surface area contributed by atoms with Crippen LogP contribution in [0.4, 0.5) is 11.4 Å². The third-order valence-electron chi connectivity index (χ3n) is 3.09. The number of thiocarbonyl (C=S) groups is 1. The fraction of sp³-hybridized carbons (Fsp3) is 0.125. The summed E-state index contributed by atoms with van der Waals surface area (Å²) in [6, 6.07) is 12.3. The fourth-order valence-corrected chi connectivity index (χ4v) is 2.19. The van der Waals surface area contributed by atoms with Crippen LogP contribution in [0, 0.1) is 10.1 Å². The van der Waals surface area contributed by atoms with E-state index in [-0.39, 0.29) is 22.3 Å². The maximum Gasteiger partial charge on any atom is 0.315 e. The molecule has 0 bridgehead atoms.